The second kappa shape index (κ2) is 6.03. The Balaban J connectivity index is 1.69. The summed E-state index contributed by atoms with van der Waals surface area (Å²) in [5.74, 6) is -0.195. The molecule has 2 heterocycles. The van der Waals surface area contributed by atoms with E-state index >= 15 is 0 Å². The van der Waals surface area contributed by atoms with Gasteiger partial charge >= 0.3 is 0 Å². The van der Waals surface area contributed by atoms with E-state index in [4.69, 9.17) is 11.6 Å². The Morgan fingerprint density at radius 1 is 1.36 bits per heavy atom. The molecule has 6 nitrogen and oxygen atoms in total. The van der Waals surface area contributed by atoms with Crippen LogP contribution in [0.15, 0.2) is 49.2 Å². The molecule has 2 aromatic heterocycles. The van der Waals surface area contributed by atoms with E-state index in [0.717, 1.165) is 11.3 Å². The first kappa shape index (κ1) is 14.3. The maximum absolute atomic E-state index is 12.1. The standard InChI is InChI=1S/C15H14ClN5O/c1-10(20-15(22)14-6-12(16)7-18-14)11-2-4-13(5-3-11)21-9-17-8-19-21/h2-10,18H,1H3,(H,20,22)/t10-/m0/s1. The molecule has 0 aliphatic carbocycles. The predicted octanol–water partition coefficient (Wildman–Crippen LogP) is 2.74. The summed E-state index contributed by atoms with van der Waals surface area (Å²) in [7, 11) is 0. The molecule has 0 aliphatic heterocycles. The van der Waals surface area contributed by atoms with E-state index in [1.54, 1.807) is 23.3 Å². The van der Waals surface area contributed by atoms with Gasteiger partial charge < -0.3 is 10.3 Å². The summed E-state index contributed by atoms with van der Waals surface area (Å²) in [4.78, 5) is 18.8. The van der Waals surface area contributed by atoms with Crippen molar-refractivity contribution in [2.45, 2.75) is 13.0 Å². The van der Waals surface area contributed by atoms with Crippen molar-refractivity contribution < 1.29 is 4.79 Å². The number of nitrogens with one attached hydrogen (secondary N) is 2. The summed E-state index contributed by atoms with van der Waals surface area (Å²) in [6.45, 7) is 1.92. The van der Waals surface area contributed by atoms with Gasteiger partial charge in [0, 0.05) is 6.20 Å². The maximum Gasteiger partial charge on any atom is 0.268 e. The van der Waals surface area contributed by atoms with Crippen LogP contribution in [-0.4, -0.2) is 25.7 Å². The van der Waals surface area contributed by atoms with Crippen LogP contribution in [0.4, 0.5) is 0 Å². The third kappa shape index (κ3) is 3.01. The van der Waals surface area contributed by atoms with E-state index in [-0.39, 0.29) is 11.9 Å². The quantitative estimate of drug-likeness (QED) is 0.777. The Morgan fingerprint density at radius 3 is 2.73 bits per heavy atom. The Hall–Kier alpha value is -2.60. The fourth-order valence-electron chi connectivity index (χ4n) is 2.11. The molecule has 7 heteroatoms. The highest BCUT2D eigenvalue weighted by Gasteiger charge is 2.13. The van der Waals surface area contributed by atoms with Crippen molar-refractivity contribution in [3.63, 3.8) is 0 Å². The maximum atomic E-state index is 12.1. The topological polar surface area (TPSA) is 75.6 Å². The van der Waals surface area contributed by atoms with Crippen molar-refractivity contribution >= 4 is 17.5 Å². The number of nitrogens with zero attached hydrogens (tertiary/aromatic N) is 3. The first-order chi connectivity index (χ1) is 10.6. The molecule has 2 N–H and O–H groups in total. The molecule has 0 spiro atoms. The van der Waals surface area contributed by atoms with Gasteiger partial charge in [0.25, 0.3) is 5.91 Å². The van der Waals surface area contributed by atoms with Gasteiger partial charge in [-0.05, 0) is 30.7 Å². The number of amides is 1. The largest absolute Gasteiger partial charge is 0.356 e. The van der Waals surface area contributed by atoms with Gasteiger partial charge in [-0.3, -0.25) is 4.79 Å². The number of halogens is 1. The highest BCUT2D eigenvalue weighted by Crippen LogP contribution is 2.16. The summed E-state index contributed by atoms with van der Waals surface area (Å²) in [5.41, 5.74) is 2.35. The molecule has 0 saturated heterocycles. The number of aromatic amines is 1. The summed E-state index contributed by atoms with van der Waals surface area (Å²) in [6.07, 6.45) is 4.70. The van der Waals surface area contributed by atoms with Crippen LogP contribution >= 0.6 is 11.6 Å². The third-order valence-corrected chi connectivity index (χ3v) is 3.53. The molecule has 22 heavy (non-hydrogen) atoms. The average molecular weight is 316 g/mol. The molecular weight excluding hydrogens is 302 g/mol. The lowest BCUT2D eigenvalue weighted by molar-refractivity contribution is 0.0935. The van der Waals surface area contributed by atoms with Crippen molar-refractivity contribution in [1.82, 2.24) is 25.1 Å². The van der Waals surface area contributed by atoms with Gasteiger partial charge in [-0.25, -0.2) is 9.67 Å². The average Bonchev–Trinajstić information content (AvgIpc) is 3.18. The highest BCUT2D eigenvalue weighted by atomic mass is 35.5. The van der Waals surface area contributed by atoms with Gasteiger partial charge in [-0.15, -0.1) is 0 Å². The van der Waals surface area contributed by atoms with Crippen molar-refractivity contribution in [2.75, 3.05) is 0 Å². The zero-order valence-corrected chi connectivity index (χ0v) is 12.6. The third-order valence-electron chi connectivity index (χ3n) is 3.32. The summed E-state index contributed by atoms with van der Waals surface area (Å²) in [6, 6.07) is 9.22. The number of carbonyl (C=O) groups excluding carboxylic acids is 1. The number of H-pyrrole nitrogens is 1. The predicted molar refractivity (Wildman–Crippen MR) is 83.0 cm³/mol. The molecule has 0 radical (unpaired) electrons. The highest BCUT2D eigenvalue weighted by molar-refractivity contribution is 6.30. The SMILES string of the molecule is C[C@H](NC(=O)c1cc(Cl)c[nH]1)c1ccc(-n2cncn2)cc1. The van der Waals surface area contributed by atoms with E-state index in [1.807, 2.05) is 31.2 Å². The monoisotopic (exact) mass is 315 g/mol. The van der Waals surface area contributed by atoms with Gasteiger partial charge in [0.1, 0.15) is 18.3 Å². The summed E-state index contributed by atoms with van der Waals surface area (Å²) < 4.78 is 1.67. The lowest BCUT2D eigenvalue weighted by Crippen LogP contribution is -2.26. The van der Waals surface area contributed by atoms with E-state index in [0.29, 0.717) is 10.7 Å². The van der Waals surface area contributed by atoms with Crippen LogP contribution < -0.4 is 5.32 Å². The minimum absolute atomic E-state index is 0.126. The summed E-state index contributed by atoms with van der Waals surface area (Å²) in [5, 5.41) is 7.50. The van der Waals surface area contributed by atoms with E-state index in [9.17, 15) is 4.79 Å². The number of rotatable bonds is 4. The zero-order valence-electron chi connectivity index (χ0n) is 11.8. The van der Waals surface area contributed by atoms with Gasteiger partial charge in [0.05, 0.1) is 16.8 Å². The van der Waals surface area contributed by atoms with Gasteiger partial charge in [-0.2, -0.15) is 5.10 Å². The van der Waals surface area contributed by atoms with Crippen molar-refractivity contribution in [3.05, 3.63) is 65.5 Å². The van der Waals surface area contributed by atoms with Gasteiger partial charge in [0.15, 0.2) is 0 Å². The van der Waals surface area contributed by atoms with Crippen LogP contribution in [0.25, 0.3) is 5.69 Å². The van der Waals surface area contributed by atoms with Gasteiger partial charge in [-0.1, -0.05) is 23.7 Å². The first-order valence-corrected chi connectivity index (χ1v) is 7.11. The lowest BCUT2D eigenvalue weighted by Gasteiger charge is -2.14. The van der Waals surface area contributed by atoms with E-state index in [1.165, 1.54) is 6.33 Å². The Labute approximate surface area is 132 Å². The Morgan fingerprint density at radius 2 is 2.14 bits per heavy atom. The van der Waals surface area contributed by atoms with Crippen LogP contribution in [0.1, 0.15) is 29.0 Å². The van der Waals surface area contributed by atoms with Crippen molar-refractivity contribution in [1.29, 1.82) is 0 Å². The number of carbonyl (C=O) groups is 1. The zero-order chi connectivity index (χ0) is 15.5. The van der Waals surface area contributed by atoms with Crippen LogP contribution in [0, 0.1) is 0 Å². The second-order valence-corrected chi connectivity index (χ2v) is 5.29. The lowest BCUT2D eigenvalue weighted by atomic mass is 10.1. The fraction of sp³-hybridized carbons (Fsp3) is 0.133. The van der Waals surface area contributed by atoms with Crippen LogP contribution in [0.3, 0.4) is 0 Å². The minimum Gasteiger partial charge on any atom is -0.356 e. The first-order valence-electron chi connectivity index (χ1n) is 6.73. The second-order valence-electron chi connectivity index (χ2n) is 4.86. The number of aromatic nitrogens is 4. The molecule has 0 fully saturated rings. The molecule has 3 rings (SSSR count). The molecule has 1 amide bonds. The van der Waals surface area contributed by atoms with Crippen LogP contribution in [-0.2, 0) is 0 Å². The van der Waals surface area contributed by atoms with Crippen LogP contribution in [0.5, 0.6) is 0 Å². The van der Waals surface area contributed by atoms with Crippen LogP contribution in [0.2, 0.25) is 5.02 Å². The van der Waals surface area contributed by atoms with Crippen molar-refractivity contribution in [2.24, 2.45) is 0 Å². The molecule has 0 saturated carbocycles. The normalized spacial score (nSPS) is 12.1. The molecule has 0 aliphatic rings. The van der Waals surface area contributed by atoms with E-state index < -0.39 is 0 Å². The number of hydrogen-bond donors (Lipinski definition) is 2. The Kier molecular flexibility index (Phi) is 3.93. The Bertz CT molecular complexity index is 764. The summed E-state index contributed by atoms with van der Waals surface area (Å²) >= 11 is 5.80. The molecule has 1 aromatic carbocycles. The fourth-order valence-corrected chi connectivity index (χ4v) is 2.28. The van der Waals surface area contributed by atoms with Gasteiger partial charge in [0.2, 0.25) is 0 Å². The smallest absolute Gasteiger partial charge is 0.268 e. The number of benzene rings is 1. The van der Waals surface area contributed by atoms with Crippen molar-refractivity contribution in [3.8, 4) is 5.69 Å². The number of hydrogen-bond acceptors (Lipinski definition) is 3. The molecule has 1 atom stereocenters. The molecule has 3 aromatic rings. The van der Waals surface area contributed by atoms with E-state index in [2.05, 4.69) is 20.4 Å². The molecule has 112 valence electrons. The molecule has 0 unspecified atom stereocenters. The molecular formula is C15H14ClN5O. The minimum atomic E-state index is -0.195. The molecule has 0 bridgehead atoms.